The first-order valence-electron chi connectivity index (χ1n) is 11.7. The molecule has 194 valence electrons. The van der Waals surface area contributed by atoms with Crippen molar-refractivity contribution < 1.29 is 27.4 Å². The molecule has 3 aromatic rings. The standard InChI is InChI=1S/C25H25F3N6O3/c1-15-20(14-33(31-15)5-6-36-2)22-10-24(21(28)11-29-22)37-19-12-32(13-19)25(35)34-23(3-4-30-34)16-7-17(26)9-18(27)8-16/h4,7-11,14,19,23H,3,5-6,12-13H2,1-2H3/t23-/m0/s1. The van der Waals surface area contributed by atoms with Gasteiger partial charge in [-0.05, 0) is 24.6 Å². The van der Waals surface area contributed by atoms with E-state index in [1.54, 1.807) is 11.8 Å². The number of amides is 2. The van der Waals surface area contributed by atoms with Crippen LogP contribution in [-0.2, 0) is 11.3 Å². The Morgan fingerprint density at radius 2 is 1.89 bits per heavy atom. The van der Waals surface area contributed by atoms with Gasteiger partial charge in [-0.3, -0.25) is 9.67 Å². The minimum atomic E-state index is -0.719. The second kappa shape index (κ2) is 10.2. The summed E-state index contributed by atoms with van der Waals surface area (Å²) in [6, 6.07) is 3.66. The average molecular weight is 515 g/mol. The highest BCUT2D eigenvalue weighted by molar-refractivity contribution is 5.79. The van der Waals surface area contributed by atoms with E-state index in [-0.39, 0.29) is 18.8 Å². The zero-order valence-electron chi connectivity index (χ0n) is 20.3. The fourth-order valence-corrected chi connectivity index (χ4v) is 4.36. The quantitative estimate of drug-likeness (QED) is 0.477. The van der Waals surface area contributed by atoms with E-state index in [1.807, 2.05) is 13.1 Å². The first-order chi connectivity index (χ1) is 17.8. The van der Waals surface area contributed by atoms with Crippen LogP contribution in [0.25, 0.3) is 11.3 Å². The highest BCUT2D eigenvalue weighted by Crippen LogP contribution is 2.32. The van der Waals surface area contributed by atoms with Crippen molar-refractivity contribution in [2.24, 2.45) is 5.10 Å². The summed E-state index contributed by atoms with van der Waals surface area (Å²) in [5.74, 6) is -2.03. The van der Waals surface area contributed by atoms with E-state index in [1.165, 1.54) is 34.3 Å². The van der Waals surface area contributed by atoms with Gasteiger partial charge in [0.1, 0.15) is 17.7 Å². The van der Waals surface area contributed by atoms with Crippen molar-refractivity contribution in [3.8, 4) is 17.0 Å². The first-order valence-corrected chi connectivity index (χ1v) is 11.7. The van der Waals surface area contributed by atoms with Gasteiger partial charge in [0.25, 0.3) is 0 Å². The lowest BCUT2D eigenvalue weighted by Gasteiger charge is -2.41. The van der Waals surface area contributed by atoms with Crippen LogP contribution in [0.5, 0.6) is 5.75 Å². The monoisotopic (exact) mass is 514 g/mol. The van der Waals surface area contributed by atoms with Gasteiger partial charge in [-0.2, -0.15) is 10.2 Å². The van der Waals surface area contributed by atoms with Crippen molar-refractivity contribution in [1.82, 2.24) is 24.7 Å². The number of halogens is 3. The fourth-order valence-electron chi connectivity index (χ4n) is 4.36. The van der Waals surface area contributed by atoms with Crippen molar-refractivity contribution in [3.63, 3.8) is 0 Å². The summed E-state index contributed by atoms with van der Waals surface area (Å²) in [5.41, 5.74) is 2.32. The van der Waals surface area contributed by atoms with Gasteiger partial charge in [0.15, 0.2) is 11.6 Å². The van der Waals surface area contributed by atoms with Crippen LogP contribution in [0.15, 0.2) is 41.8 Å². The second-order valence-corrected chi connectivity index (χ2v) is 8.91. The Labute approximate surface area is 211 Å². The lowest BCUT2D eigenvalue weighted by Crippen LogP contribution is -2.58. The maximum Gasteiger partial charge on any atom is 0.341 e. The van der Waals surface area contributed by atoms with Crippen molar-refractivity contribution >= 4 is 12.2 Å². The molecular weight excluding hydrogens is 489 g/mol. The number of aryl methyl sites for hydroxylation is 1. The summed E-state index contributed by atoms with van der Waals surface area (Å²) in [7, 11) is 1.61. The van der Waals surface area contributed by atoms with Crippen LogP contribution in [0.3, 0.4) is 0 Å². The molecule has 1 atom stereocenters. The summed E-state index contributed by atoms with van der Waals surface area (Å²) in [4.78, 5) is 18.7. The SMILES string of the molecule is COCCn1cc(-c2cc(OC3CN(C(=O)N4N=CC[C@H]4c4cc(F)cc(F)c4)C3)c(F)cn2)c(C)n1. The number of benzene rings is 1. The zero-order chi connectivity index (χ0) is 26.1. The van der Waals surface area contributed by atoms with Crippen molar-refractivity contribution in [2.75, 3.05) is 26.8 Å². The molecule has 0 aliphatic carbocycles. The Kier molecular flexibility index (Phi) is 6.83. The van der Waals surface area contributed by atoms with Gasteiger partial charge in [-0.25, -0.2) is 23.0 Å². The third-order valence-electron chi connectivity index (χ3n) is 6.27. The van der Waals surface area contributed by atoms with Gasteiger partial charge < -0.3 is 14.4 Å². The summed E-state index contributed by atoms with van der Waals surface area (Å²) in [6.45, 7) is 3.33. The predicted octanol–water partition coefficient (Wildman–Crippen LogP) is 3.93. The third-order valence-corrected chi connectivity index (χ3v) is 6.27. The van der Waals surface area contributed by atoms with Gasteiger partial charge in [0.2, 0.25) is 0 Å². The zero-order valence-corrected chi connectivity index (χ0v) is 20.3. The fraction of sp³-hybridized carbons (Fsp3) is 0.360. The Morgan fingerprint density at radius 3 is 2.62 bits per heavy atom. The van der Waals surface area contributed by atoms with Gasteiger partial charge in [-0.1, -0.05) is 0 Å². The van der Waals surface area contributed by atoms with Crippen LogP contribution in [0.4, 0.5) is 18.0 Å². The molecule has 5 rings (SSSR count). The molecule has 1 fully saturated rings. The number of nitrogens with zero attached hydrogens (tertiary/aromatic N) is 6. The Bertz CT molecular complexity index is 1320. The number of pyridine rings is 1. The van der Waals surface area contributed by atoms with Crippen molar-refractivity contribution in [3.05, 3.63) is 65.4 Å². The number of hydrogen-bond acceptors (Lipinski definition) is 6. The smallest absolute Gasteiger partial charge is 0.341 e. The van der Waals surface area contributed by atoms with E-state index in [4.69, 9.17) is 9.47 Å². The summed E-state index contributed by atoms with van der Waals surface area (Å²) >= 11 is 0. The molecule has 4 heterocycles. The van der Waals surface area contributed by atoms with Gasteiger partial charge in [-0.15, -0.1) is 0 Å². The summed E-state index contributed by atoms with van der Waals surface area (Å²) in [5, 5.41) is 9.74. The molecule has 2 amide bonds. The second-order valence-electron chi connectivity index (χ2n) is 8.91. The molecule has 2 aliphatic heterocycles. The molecule has 0 saturated carbocycles. The topological polar surface area (TPSA) is 85.1 Å². The normalized spacial score (nSPS) is 17.4. The van der Waals surface area contributed by atoms with E-state index < -0.39 is 35.6 Å². The molecule has 9 nitrogen and oxygen atoms in total. The number of ether oxygens (including phenoxy) is 2. The van der Waals surface area contributed by atoms with E-state index in [0.29, 0.717) is 30.8 Å². The molecule has 37 heavy (non-hydrogen) atoms. The highest BCUT2D eigenvalue weighted by Gasteiger charge is 2.39. The lowest BCUT2D eigenvalue weighted by atomic mass is 10.0. The summed E-state index contributed by atoms with van der Waals surface area (Å²) < 4.78 is 54.5. The van der Waals surface area contributed by atoms with E-state index in [9.17, 15) is 18.0 Å². The van der Waals surface area contributed by atoms with Crippen molar-refractivity contribution in [2.45, 2.75) is 32.0 Å². The van der Waals surface area contributed by atoms with E-state index in [0.717, 1.165) is 23.5 Å². The number of carbonyl (C=O) groups is 1. The summed E-state index contributed by atoms with van der Waals surface area (Å²) in [6.07, 6.45) is 4.36. The largest absolute Gasteiger partial charge is 0.483 e. The van der Waals surface area contributed by atoms with E-state index in [2.05, 4.69) is 15.2 Å². The molecule has 0 unspecified atom stereocenters. The lowest BCUT2D eigenvalue weighted by molar-refractivity contribution is 0.0256. The number of aromatic nitrogens is 3. The molecule has 0 radical (unpaired) electrons. The van der Waals surface area contributed by atoms with Crippen LogP contribution in [-0.4, -0.2) is 69.8 Å². The minimum absolute atomic E-state index is 0.0263. The van der Waals surface area contributed by atoms with Crippen LogP contribution >= 0.6 is 0 Å². The number of hydrogen-bond donors (Lipinski definition) is 0. The number of carbonyl (C=O) groups excluding carboxylic acids is 1. The molecule has 2 aromatic heterocycles. The number of urea groups is 1. The maximum absolute atomic E-state index is 14.5. The minimum Gasteiger partial charge on any atom is -0.483 e. The van der Waals surface area contributed by atoms with Gasteiger partial charge >= 0.3 is 6.03 Å². The first kappa shape index (κ1) is 24.8. The molecule has 0 bridgehead atoms. The molecule has 0 spiro atoms. The van der Waals surface area contributed by atoms with Crippen LogP contribution < -0.4 is 4.74 Å². The Hall–Kier alpha value is -3.93. The number of hydrazone groups is 1. The average Bonchev–Trinajstić information content (AvgIpc) is 3.47. The number of methoxy groups -OCH3 is 1. The molecule has 1 saturated heterocycles. The van der Waals surface area contributed by atoms with Gasteiger partial charge in [0.05, 0.1) is 49.9 Å². The molecular formula is C25H25F3N6O3. The van der Waals surface area contributed by atoms with Gasteiger partial charge in [0, 0.05) is 43.6 Å². The Balaban J connectivity index is 1.23. The molecule has 12 heteroatoms. The third kappa shape index (κ3) is 5.15. The van der Waals surface area contributed by atoms with Crippen LogP contribution in [0.1, 0.15) is 23.7 Å². The van der Waals surface area contributed by atoms with Crippen LogP contribution in [0, 0.1) is 24.4 Å². The van der Waals surface area contributed by atoms with Crippen LogP contribution in [0.2, 0.25) is 0 Å². The maximum atomic E-state index is 14.5. The molecule has 1 aromatic carbocycles. The van der Waals surface area contributed by atoms with E-state index >= 15 is 0 Å². The Morgan fingerprint density at radius 1 is 1.14 bits per heavy atom. The predicted molar refractivity (Wildman–Crippen MR) is 127 cm³/mol. The molecule has 0 N–H and O–H groups in total. The highest BCUT2D eigenvalue weighted by atomic mass is 19.1. The van der Waals surface area contributed by atoms with Crippen molar-refractivity contribution in [1.29, 1.82) is 0 Å². The molecule has 2 aliphatic rings. The number of rotatable bonds is 7. The number of likely N-dealkylation sites (tertiary alicyclic amines) is 1.